The lowest BCUT2D eigenvalue weighted by Crippen LogP contribution is -2.42. The van der Waals surface area contributed by atoms with Gasteiger partial charge < -0.3 is 10.1 Å². The van der Waals surface area contributed by atoms with Crippen LogP contribution in [-0.2, 0) is 4.79 Å². The van der Waals surface area contributed by atoms with Crippen LogP contribution in [0.2, 0.25) is 0 Å². The van der Waals surface area contributed by atoms with E-state index in [1.807, 2.05) is 30.3 Å². The highest BCUT2D eigenvalue weighted by molar-refractivity contribution is 7.10. The van der Waals surface area contributed by atoms with Crippen molar-refractivity contribution in [2.45, 2.75) is 25.8 Å². The average molecular weight is 395 g/mol. The Bertz CT molecular complexity index is 643. The first kappa shape index (κ1) is 20.7. The van der Waals surface area contributed by atoms with Gasteiger partial charge in [0.05, 0.1) is 6.04 Å². The molecule has 1 aromatic heterocycles. The molecule has 0 radical (unpaired) electrons. The Morgan fingerprint density at radius 1 is 1.23 bits per heavy atom. The molecule has 0 saturated carbocycles. The van der Waals surface area contributed by atoms with E-state index in [4.69, 9.17) is 4.74 Å². The third-order valence-corrected chi connectivity index (χ3v) is 5.71. The fourth-order valence-electron chi connectivity index (χ4n) is 3.16. The molecule has 1 aromatic carbocycles. The molecule has 3 rings (SSSR count). The number of likely N-dealkylation sites (tertiary alicyclic amines) is 1. The summed E-state index contributed by atoms with van der Waals surface area (Å²) in [7, 11) is 0. The van der Waals surface area contributed by atoms with Gasteiger partial charge in [-0.25, -0.2) is 0 Å². The molecular weight excluding hydrogens is 368 g/mol. The minimum absolute atomic E-state index is 0. The van der Waals surface area contributed by atoms with Crippen molar-refractivity contribution in [1.29, 1.82) is 0 Å². The van der Waals surface area contributed by atoms with Gasteiger partial charge in [0, 0.05) is 11.4 Å². The SMILES string of the molecule is CC1CCN(C(CNC(=O)COc2ccccc2)c2cccs2)CC1.Cl. The van der Waals surface area contributed by atoms with Crippen LogP contribution in [0, 0.1) is 5.92 Å². The van der Waals surface area contributed by atoms with Crippen molar-refractivity contribution in [2.24, 2.45) is 5.92 Å². The van der Waals surface area contributed by atoms with Gasteiger partial charge in [0.25, 0.3) is 5.91 Å². The molecule has 4 nitrogen and oxygen atoms in total. The van der Waals surface area contributed by atoms with Crippen LogP contribution in [0.3, 0.4) is 0 Å². The molecule has 2 aromatic rings. The van der Waals surface area contributed by atoms with Gasteiger partial charge in [0.2, 0.25) is 0 Å². The highest BCUT2D eigenvalue weighted by Gasteiger charge is 2.25. The maximum atomic E-state index is 12.2. The summed E-state index contributed by atoms with van der Waals surface area (Å²) in [5, 5.41) is 5.16. The molecule has 26 heavy (non-hydrogen) atoms. The highest BCUT2D eigenvalue weighted by Crippen LogP contribution is 2.29. The monoisotopic (exact) mass is 394 g/mol. The van der Waals surface area contributed by atoms with Crippen LogP contribution in [0.1, 0.15) is 30.7 Å². The number of halogens is 1. The molecule has 1 atom stereocenters. The number of amides is 1. The standard InChI is InChI=1S/C20H26N2O2S.ClH/c1-16-9-11-22(12-10-16)18(19-8-5-13-25-19)14-21-20(23)15-24-17-6-3-2-4-7-17;/h2-8,13,16,18H,9-12,14-15H2,1H3,(H,21,23);1H. The molecule has 142 valence electrons. The van der Waals surface area contributed by atoms with Crippen molar-refractivity contribution >= 4 is 29.7 Å². The van der Waals surface area contributed by atoms with Crippen LogP contribution in [0.5, 0.6) is 5.75 Å². The molecule has 1 saturated heterocycles. The number of thiophene rings is 1. The van der Waals surface area contributed by atoms with E-state index >= 15 is 0 Å². The highest BCUT2D eigenvalue weighted by atomic mass is 35.5. The summed E-state index contributed by atoms with van der Waals surface area (Å²) in [5.74, 6) is 1.45. The number of nitrogens with zero attached hydrogens (tertiary/aromatic N) is 1. The minimum Gasteiger partial charge on any atom is -0.484 e. The fourth-order valence-corrected chi connectivity index (χ4v) is 4.02. The lowest BCUT2D eigenvalue weighted by Gasteiger charge is -2.36. The van der Waals surface area contributed by atoms with E-state index in [-0.39, 0.29) is 31.0 Å². The summed E-state index contributed by atoms with van der Waals surface area (Å²) >= 11 is 1.76. The van der Waals surface area contributed by atoms with Gasteiger partial charge in [0.15, 0.2) is 6.61 Å². The van der Waals surface area contributed by atoms with Gasteiger partial charge in [-0.15, -0.1) is 23.7 Å². The van der Waals surface area contributed by atoms with Crippen LogP contribution in [0.15, 0.2) is 47.8 Å². The van der Waals surface area contributed by atoms with E-state index < -0.39 is 0 Å². The van der Waals surface area contributed by atoms with E-state index in [1.165, 1.54) is 17.7 Å². The number of benzene rings is 1. The van der Waals surface area contributed by atoms with E-state index in [9.17, 15) is 4.79 Å². The van der Waals surface area contributed by atoms with Crippen molar-refractivity contribution in [3.8, 4) is 5.75 Å². The second kappa shape index (κ2) is 10.6. The van der Waals surface area contributed by atoms with Crippen LogP contribution in [-0.4, -0.2) is 37.0 Å². The van der Waals surface area contributed by atoms with Crippen molar-refractivity contribution in [2.75, 3.05) is 26.2 Å². The van der Waals surface area contributed by atoms with Crippen molar-refractivity contribution < 1.29 is 9.53 Å². The Hall–Kier alpha value is -1.56. The number of para-hydroxylation sites is 1. The first-order valence-corrected chi connectivity index (χ1v) is 9.82. The Kier molecular flexibility index (Phi) is 8.42. The predicted molar refractivity (Wildman–Crippen MR) is 109 cm³/mol. The molecule has 0 spiro atoms. The van der Waals surface area contributed by atoms with Gasteiger partial charge >= 0.3 is 0 Å². The van der Waals surface area contributed by atoms with Gasteiger partial charge in [0.1, 0.15) is 5.75 Å². The van der Waals surface area contributed by atoms with Gasteiger partial charge in [-0.1, -0.05) is 31.2 Å². The molecule has 1 fully saturated rings. The Morgan fingerprint density at radius 2 is 1.96 bits per heavy atom. The van der Waals surface area contributed by atoms with Crippen molar-refractivity contribution in [1.82, 2.24) is 10.2 Å². The molecule has 0 aliphatic carbocycles. The predicted octanol–water partition coefficient (Wildman–Crippen LogP) is 4.14. The molecule has 6 heteroatoms. The van der Waals surface area contributed by atoms with Crippen molar-refractivity contribution in [3.05, 3.63) is 52.7 Å². The zero-order chi connectivity index (χ0) is 17.5. The summed E-state index contributed by atoms with van der Waals surface area (Å²) in [6.07, 6.45) is 2.46. The molecule has 2 heterocycles. The molecule has 1 aliphatic heterocycles. The van der Waals surface area contributed by atoms with Crippen LogP contribution >= 0.6 is 23.7 Å². The number of rotatable bonds is 7. The maximum absolute atomic E-state index is 12.2. The smallest absolute Gasteiger partial charge is 0.258 e. The summed E-state index contributed by atoms with van der Waals surface area (Å²) in [5.41, 5.74) is 0. The third kappa shape index (κ3) is 6.01. The number of hydrogen-bond donors (Lipinski definition) is 1. The number of carbonyl (C=O) groups is 1. The molecule has 1 N–H and O–H groups in total. The van der Waals surface area contributed by atoms with Crippen LogP contribution in [0.25, 0.3) is 0 Å². The van der Waals surface area contributed by atoms with E-state index in [0.717, 1.165) is 24.8 Å². The zero-order valence-electron chi connectivity index (χ0n) is 15.1. The quantitative estimate of drug-likeness (QED) is 0.767. The lowest BCUT2D eigenvalue weighted by atomic mass is 9.97. The average Bonchev–Trinajstić information content (AvgIpc) is 3.17. The summed E-state index contributed by atoms with van der Waals surface area (Å²) < 4.78 is 5.53. The molecule has 1 amide bonds. The molecule has 0 bridgehead atoms. The third-order valence-electron chi connectivity index (χ3n) is 4.74. The summed E-state index contributed by atoms with van der Waals surface area (Å²) in [6, 6.07) is 14.0. The molecule has 1 aliphatic rings. The van der Waals surface area contributed by atoms with Gasteiger partial charge in [-0.2, -0.15) is 0 Å². The topological polar surface area (TPSA) is 41.6 Å². The largest absolute Gasteiger partial charge is 0.484 e. The maximum Gasteiger partial charge on any atom is 0.258 e. The Labute approximate surface area is 166 Å². The van der Waals surface area contributed by atoms with E-state index in [1.54, 1.807) is 11.3 Å². The Balaban J connectivity index is 0.00000243. The van der Waals surface area contributed by atoms with Crippen LogP contribution < -0.4 is 10.1 Å². The van der Waals surface area contributed by atoms with E-state index in [0.29, 0.717) is 6.54 Å². The number of carbonyl (C=O) groups excluding carboxylic acids is 1. The first-order valence-electron chi connectivity index (χ1n) is 8.94. The fraction of sp³-hybridized carbons (Fsp3) is 0.450. The number of ether oxygens (including phenoxy) is 1. The second-order valence-electron chi connectivity index (χ2n) is 6.66. The minimum atomic E-state index is -0.0733. The number of hydrogen-bond acceptors (Lipinski definition) is 4. The van der Waals surface area contributed by atoms with Crippen LogP contribution in [0.4, 0.5) is 0 Å². The molecular formula is C20H27ClN2O2S. The van der Waals surface area contributed by atoms with Gasteiger partial charge in [-0.3, -0.25) is 9.69 Å². The Morgan fingerprint density at radius 3 is 2.62 bits per heavy atom. The number of piperidine rings is 1. The zero-order valence-corrected chi connectivity index (χ0v) is 16.7. The first-order chi connectivity index (χ1) is 12.2. The summed E-state index contributed by atoms with van der Waals surface area (Å²) in [6.45, 7) is 5.20. The normalized spacial score (nSPS) is 16.5. The lowest BCUT2D eigenvalue weighted by molar-refractivity contribution is -0.123. The summed E-state index contributed by atoms with van der Waals surface area (Å²) in [4.78, 5) is 16.0. The van der Waals surface area contributed by atoms with Gasteiger partial charge in [-0.05, 0) is 55.4 Å². The van der Waals surface area contributed by atoms with E-state index in [2.05, 4.69) is 34.7 Å². The number of nitrogens with one attached hydrogen (secondary N) is 1. The van der Waals surface area contributed by atoms with Crippen molar-refractivity contribution in [3.63, 3.8) is 0 Å². The second-order valence-corrected chi connectivity index (χ2v) is 7.63. The molecule has 1 unspecified atom stereocenters.